The molecule has 1 aliphatic rings. The Balaban J connectivity index is 2.67. The van der Waals surface area contributed by atoms with Crippen LogP contribution in [0.15, 0.2) is 0 Å². The number of nitrogens with zero attached hydrogens (tertiary/aromatic N) is 2. The van der Waals surface area contributed by atoms with Crippen LogP contribution in [0.3, 0.4) is 0 Å². The number of hydrazine groups is 2. The maximum absolute atomic E-state index is 12.7. The van der Waals surface area contributed by atoms with E-state index in [0.717, 1.165) is 4.90 Å². The van der Waals surface area contributed by atoms with Crippen molar-refractivity contribution in [3.8, 4) is 0 Å². The Morgan fingerprint density at radius 3 is 1.75 bits per heavy atom. The molecule has 1 heterocycles. The monoisotopic (exact) mass is 398 g/mol. The van der Waals surface area contributed by atoms with E-state index in [0.29, 0.717) is 0 Å². The van der Waals surface area contributed by atoms with Gasteiger partial charge < -0.3 is 4.90 Å². The van der Waals surface area contributed by atoms with Crippen molar-refractivity contribution in [2.24, 2.45) is 5.92 Å². The van der Waals surface area contributed by atoms with Gasteiger partial charge in [0, 0.05) is 38.0 Å². The van der Waals surface area contributed by atoms with Crippen LogP contribution in [-0.4, -0.2) is 64.8 Å². The van der Waals surface area contributed by atoms with Crippen molar-refractivity contribution in [2.75, 3.05) is 13.1 Å². The molecule has 1 rings (SSSR count). The minimum Gasteiger partial charge on any atom is -0.311 e. The number of nitrogens with one attached hydrogen (secondary N) is 4. The summed E-state index contributed by atoms with van der Waals surface area (Å²) >= 11 is 0. The molecule has 0 aliphatic carbocycles. The number of carbonyl (C=O) groups is 4. The van der Waals surface area contributed by atoms with E-state index in [1.807, 2.05) is 41.5 Å². The van der Waals surface area contributed by atoms with Gasteiger partial charge in [0.25, 0.3) is 5.91 Å². The van der Waals surface area contributed by atoms with Crippen LogP contribution in [0.2, 0.25) is 0 Å². The summed E-state index contributed by atoms with van der Waals surface area (Å²) in [6.07, 6.45) is 0.0866. The van der Waals surface area contributed by atoms with Crippen LogP contribution in [0.4, 0.5) is 4.79 Å². The first-order chi connectivity index (χ1) is 13.0. The molecule has 28 heavy (non-hydrogen) atoms. The van der Waals surface area contributed by atoms with Gasteiger partial charge in [0.1, 0.15) is 6.04 Å². The molecule has 0 spiro atoms. The molecule has 0 aromatic heterocycles. The van der Waals surface area contributed by atoms with Crippen molar-refractivity contribution >= 4 is 23.8 Å². The molecule has 160 valence electrons. The lowest BCUT2D eigenvalue weighted by atomic mass is 10.0. The molecular formula is C18H34N6O4. The second kappa shape index (κ2) is 11.0. The Labute approximate surface area is 166 Å². The topological polar surface area (TPSA) is 123 Å². The maximum Gasteiger partial charge on any atom is 0.327 e. The van der Waals surface area contributed by atoms with E-state index in [2.05, 4.69) is 21.7 Å². The Morgan fingerprint density at radius 2 is 1.32 bits per heavy atom. The summed E-state index contributed by atoms with van der Waals surface area (Å²) in [6, 6.07) is -0.918. The molecule has 0 aromatic rings. The number of amides is 5. The molecule has 1 unspecified atom stereocenters. The van der Waals surface area contributed by atoms with E-state index in [-0.39, 0.29) is 61.7 Å². The van der Waals surface area contributed by atoms with Gasteiger partial charge in [-0.05, 0) is 33.6 Å². The summed E-state index contributed by atoms with van der Waals surface area (Å²) in [5, 5.41) is 0. The minimum atomic E-state index is -0.629. The van der Waals surface area contributed by atoms with Crippen LogP contribution in [0.5, 0.6) is 0 Å². The highest BCUT2D eigenvalue weighted by Gasteiger charge is 2.46. The quantitative estimate of drug-likeness (QED) is 0.289. The van der Waals surface area contributed by atoms with Gasteiger partial charge in [0.05, 0.1) is 0 Å². The van der Waals surface area contributed by atoms with E-state index in [4.69, 9.17) is 0 Å². The lowest BCUT2D eigenvalue weighted by Crippen LogP contribution is -2.45. The standard InChI is InChI=1S/C18H34N6O4/c1-11(2)16-17(27)24(10-8-15(26)22-20-13(5)6)18(28)23(16)9-7-14(25)21-19-12(3)4/h11-13,16,19-20H,7-10H2,1-6H3,(H,21,25)(H,22,26). The van der Waals surface area contributed by atoms with Crippen molar-refractivity contribution in [3.63, 3.8) is 0 Å². The normalized spacial score (nSPS) is 17.2. The molecule has 0 saturated carbocycles. The number of imide groups is 1. The van der Waals surface area contributed by atoms with Gasteiger partial charge >= 0.3 is 6.03 Å². The Morgan fingerprint density at radius 1 is 0.857 bits per heavy atom. The van der Waals surface area contributed by atoms with Gasteiger partial charge in [-0.1, -0.05) is 13.8 Å². The van der Waals surface area contributed by atoms with Crippen LogP contribution in [0, 0.1) is 5.92 Å². The second-order valence-electron chi connectivity index (χ2n) is 7.85. The molecular weight excluding hydrogens is 364 g/mol. The zero-order valence-electron chi connectivity index (χ0n) is 17.7. The van der Waals surface area contributed by atoms with E-state index < -0.39 is 12.1 Å². The van der Waals surface area contributed by atoms with Gasteiger partial charge in [-0.2, -0.15) is 0 Å². The van der Waals surface area contributed by atoms with Gasteiger partial charge in [-0.15, -0.1) is 0 Å². The predicted molar refractivity (Wildman–Crippen MR) is 105 cm³/mol. The van der Waals surface area contributed by atoms with Crippen LogP contribution >= 0.6 is 0 Å². The van der Waals surface area contributed by atoms with E-state index in [1.165, 1.54) is 4.90 Å². The number of rotatable bonds is 11. The first kappa shape index (κ1) is 23.8. The molecule has 0 radical (unpaired) electrons. The number of hydrogen-bond donors (Lipinski definition) is 4. The third-order valence-corrected chi connectivity index (χ3v) is 4.11. The summed E-state index contributed by atoms with van der Waals surface area (Å²) in [6.45, 7) is 11.4. The molecule has 10 heteroatoms. The van der Waals surface area contributed by atoms with Crippen molar-refractivity contribution < 1.29 is 19.2 Å². The van der Waals surface area contributed by atoms with Gasteiger partial charge in [-0.25, -0.2) is 15.6 Å². The fourth-order valence-electron chi connectivity index (χ4n) is 2.76. The van der Waals surface area contributed by atoms with Crippen molar-refractivity contribution in [3.05, 3.63) is 0 Å². The molecule has 1 fully saturated rings. The maximum atomic E-state index is 12.7. The third-order valence-electron chi connectivity index (χ3n) is 4.11. The zero-order valence-corrected chi connectivity index (χ0v) is 17.7. The highest BCUT2D eigenvalue weighted by Crippen LogP contribution is 2.24. The number of urea groups is 1. The van der Waals surface area contributed by atoms with Crippen molar-refractivity contribution in [1.29, 1.82) is 0 Å². The highest BCUT2D eigenvalue weighted by atomic mass is 16.2. The molecule has 10 nitrogen and oxygen atoms in total. The second-order valence-corrected chi connectivity index (χ2v) is 7.85. The lowest BCUT2D eigenvalue weighted by molar-refractivity contribution is -0.130. The van der Waals surface area contributed by atoms with Gasteiger partial charge in [-0.3, -0.25) is 30.1 Å². The van der Waals surface area contributed by atoms with Crippen LogP contribution < -0.4 is 21.7 Å². The lowest BCUT2D eigenvalue weighted by Gasteiger charge is -2.24. The molecule has 1 saturated heterocycles. The summed E-state index contributed by atoms with van der Waals surface area (Å²) < 4.78 is 0. The Bertz CT molecular complexity index is 578. The number of carbonyl (C=O) groups excluding carboxylic acids is 4. The SMILES string of the molecule is CC(C)NNC(=O)CCN1C(=O)C(C(C)C)N(CCC(=O)NNC(C)C)C1=O. The molecule has 1 aliphatic heterocycles. The van der Waals surface area contributed by atoms with E-state index >= 15 is 0 Å². The number of hydrogen-bond acceptors (Lipinski definition) is 6. The fraction of sp³-hybridized carbons (Fsp3) is 0.778. The minimum absolute atomic E-state index is 0.00406. The first-order valence-corrected chi connectivity index (χ1v) is 9.75. The zero-order chi connectivity index (χ0) is 21.4. The summed E-state index contributed by atoms with van der Waals surface area (Å²) in [7, 11) is 0. The van der Waals surface area contributed by atoms with Gasteiger partial charge in [0.2, 0.25) is 11.8 Å². The first-order valence-electron chi connectivity index (χ1n) is 9.75. The van der Waals surface area contributed by atoms with Crippen LogP contribution in [0.1, 0.15) is 54.4 Å². The average molecular weight is 399 g/mol. The summed E-state index contributed by atoms with van der Waals surface area (Å²) in [5.41, 5.74) is 10.7. The third kappa shape index (κ3) is 7.08. The van der Waals surface area contributed by atoms with Crippen molar-refractivity contribution in [2.45, 2.75) is 72.5 Å². The molecule has 1 atom stereocenters. The van der Waals surface area contributed by atoms with E-state index in [1.54, 1.807) is 0 Å². The average Bonchev–Trinajstić information content (AvgIpc) is 2.84. The summed E-state index contributed by atoms with van der Waals surface area (Å²) in [4.78, 5) is 51.7. The molecule has 5 amide bonds. The van der Waals surface area contributed by atoms with E-state index in [9.17, 15) is 19.2 Å². The molecule has 0 bridgehead atoms. The Hall–Kier alpha value is -2.20. The van der Waals surface area contributed by atoms with Crippen molar-refractivity contribution in [1.82, 2.24) is 31.5 Å². The molecule has 0 aromatic carbocycles. The van der Waals surface area contributed by atoms with Crippen LogP contribution in [-0.2, 0) is 14.4 Å². The predicted octanol–water partition coefficient (Wildman–Crippen LogP) is 0.114. The van der Waals surface area contributed by atoms with Gasteiger partial charge in [0.15, 0.2) is 0 Å². The Kier molecular flexibility index (Phi) is 9.33. The molecule has 4 N–H and O–H groups in total. The highest BCUT2D eigenvalue weighted by molar-refractivity contribution is 6.04. The summed E-state index contributed by atoms with van der Waals surface area (Å²) in [5.74, 6) is -0.984. The largest absolute Gasteiger partial charge is 0.327 e. The van der Waals surface area contributed by atoms with Crippen LogP contribution in [0.25, 0.3) is 0 Å². The fourth-order valence-corrected chi connectivity index (χ4v) is 2.76. The smallest absolute Gasteiger partial charge is 0.311 e.